The summed E-state index contributed by atoms with van der Waals surface area (Å²) in [6, 6.07) is 16.7. The Kier molecular flexibility index (Phi) is 6.85. The molecular weight excluding hydrogens is 472 g/mol. The lowest BCUT2D eigenvalue weighted by Gasteiger charge is -2.32. The van der Waals surface area contributed by atoms with E-state index in [1.165, 1.54) is 23.8 Å². The van der Waals surface area contributed by atoms with Crippen LogP contribution in [0.15, 0.2) is 60.7 Å². The van der Waals surface area contributed by atoms with Gasteiger partial charge in [0.15, 0.2) is 0 Å². The first kappa shape index (κ1) is 24.4. The Bertz CT molecular complexity index is 1440. The molecule has 1 fully saturated rings. The maximum atomic E-state index is 12.9. The Morgan fingerprint density at radius 1 is 1.08 bits per heavy atom. The van der Waals surface area contributed by atoms with Crippen LogP contribution < -0.4 is 5.32 Å². The van der Waals surface area contributed by atoms with Gasteiger partial charge >= 0.3 is 0 Å². The molecule has 1 aliphatic heterocycles. The quantitative estimate of drug-likeness (QED) is 0.259. The zero-order valence-electron chi connectivity index (χ0n) is 20.5. The first-order valence-corrected chi connectivity index (χ1v) is 12.1. The molecule has 10 nitrogen and oxygen atoms in total. The van der Waals surface area contributed by atoms with Crippen molar-refractivity contribution in [3.63, 3.8) is 0 Å². The van der Waals surface area contributed by atoms with Crippen LogP contribution in [0, 0.1) is 10.1 Å². The maximum Gasteiger partial charge on any atom is 0.270 e. The first-order chi connectivity index (χ1) is 17.9. The summed E-state index contributed by atoms with van der Waals surface area (Å²) >= 11 is 0. The number of carbonyl (C=O) groups is 1. The number of nitro benzene ring substituents is 1. The van der Waals surface area contributed by atoms with Crippen LogP contribution in [0.4, 0.5) is 11.4 Å². The first-order valence-electron chi connectivity index (χ1n) is 12.1. The third-order valence-electron chi connectivity index (χ3n) is 6.71. The van der Waals surface area contributed by atoms with Crippen LogP contribution in [0.5, 0.6) is 5.75 Å². The van der Waals surface area contributed by atoms with Gasteiger partial charge in [-0.25, -0.2) is 4.98 Å². The van der Waals surface area contributed by atoms with Crippen LogP contribution in [0.1, 0.15) is 15.9 Å². The number of phenolic OH excluding ortho intramolecular Hbond substituents is 1. The van der Waals surface area contributed by atoms with Crippen LogP contribution in [0.25, 0.3) is 22.4 Å². The van der Waals surface area contributed by atoms with Crippen molar-refractivity contribution in [1.82, 2.24) is 19.8 Å². The molecule has 5 rings (SSSR count). The van der Waals surface area contributed by atoms with E-state index in [4.69, 9.17) is 0 Å². The number of aromatic amines is 1. The van der Waals surface area contributed by atoms with E-state index >= 15 is 0 Å². The predicted molar refractivity (Wildman–Crippen MR) is 142 cm³/mol. The van der Waals surface area contributed by atoms with Gasteiger partial charge in [-0.3, -0.25) is 14.9 Å². The summed E-state index contributed by atoms with van der Waals surface area (Å²) in [5, 5.41) is 24.2. The van der Waals surface area contributed by atoms with Crippen molar-refractivity contribution in [2.24, 2.45) is 0 Å². The van der Waals surface area contributed by atoms with E-state index in [1.807, 2.05) is 24.3 Å². The normalized spacial score (nSPS) is 14.6. The van der Waals surface area contributed by atoms with Gasteiger partial charge in [-0.1, -0.05) is 12.1 Å². The summed E-state index contributed by atoms with van der Waals surface area (Å²) in [7, 11) is 2.15. The number of nitrogens with one attached hydrogen (secondary N) is 2. The average Bonchev–Trinajstić information content (AvgIpc) is 3.32. The largest absolute Gasteiger partial charge is 0.507 e. The topological polar surface area (TPSA) is 128 Å². The fourth-order valence-electron chi connectivity index (χ4n) is 4.42. The molecule has 0 atom stereocenters. The fraction of sp³-hybridized carbons (Fsp3) is 0.259. The molecule has 4 aromatic rings. The van der Waals surface area contributed by atoms with Crippen LogP contribution in [0.3, 0.4) is 0 Å². The van der Waals surface area contributed by atoms with Crippen LogP contribution in [0.2, 0.25) is 0 Å². The molecule has 37 heavy (non-hydrogen) atoms. The van der Waals surface area contributed by atoms with Crippen molar-refractivity contribution in [2.75, 3.05) is 45.1 Å². The van der Waals surface area contributed by atoms with Crippen LogP contribution in [-0.4, -0.2) is 75.5 Å². The molecule has 0 unspecified atom stereocenters. The van der Waals surface area contributed by atoms with E-state index in [0.29, 0.717) is 22.3 Å². The highest BCUT2D eigenvalue weighted by molar-refractivity contribution is 6.06. The molecule has 3 N–H and O–H groups in total. The van der Waals surface area contributed by atoms with E-state index in [2.05, 4.69) is 32.1 Å². The Balaban J connectivity index is 1.25. The lowest BCUT2D eigenvalue weighted by atomic mass is 10.1. The molecule has 1 aliphatic rings. The zero-order chi connectivity index (χ0) is 25.9. The standard InChI is InChI=1S/C27H28N6O4/c1-31-12-14-32(15-13-31)11-10-18-2-5-20(6-3-18)28-27(35)19-4-8-23-24(16-19)30-26(29-23)22-17-21(33(36)37)7-9-25(22)34/h2-9,16-17,34H,10-15H2,1H3,(H,28,35)(H,29,30). The number of aromatic nitrogens is 2. The number of carbonyl (C=O) groups excluding carboxylic acids is 1. The number of H-pyrrole nitrogens is 1. The van der Waals surface area contributed by atoms with Crippen molar-refractivity contribution < 1.29 is 14.8 Å². The molecule has 1 amide bonds. The summed E-state index contributed by atoms with van der Waals surface area (Å²) < 4.78 is 0. The Morgan fingerprint density at radius 3 is 2.57 bits per heavy atom. The molecule has 0 saturated carbocycles. The number of rotatable bonds is 7. The number of aromatic hydroxyl groups is 1. The Hall–Kier alpha value is -4.28. The van der Waals surface area contributed by atoms with Gasteiger partial charge in [-0.05, 0) is 55.4 Å². The lowest BCUT2D eigenvalue weighted by Crippen LogP contribution is -2.45. The van der Waals surface area contributed by atoms with E-state index in [1.54, 1.807) is 18.2 Å². The van der Waals surface area contributed by atoms with Crippen molar-refractivity contribution >= 4 is 28.3 Å². The monoisotopic (exact) mass is 500 g/mol. The minimum absolute atomic E-state index is 0.130. The van der Waals surface area contributed by atoms with Crippen LogP contribution in [-0.2, 0) is 6.42 Å². The van der Waals surface area contributed by atoms with Gasteiger partial charge in [0, 0.05) is 56.1 Å². The van der Waals surface area contributed by atoms with E-state index in [-0.39, 0.29) is 28.7 Å². The van der Waals surface area contributed by atoms with Gasteiger partial charge in [-0.2, -0.15) is 0 Å². The summed E-state index contributed by atoms with van der Waals surface area (Å²) in [6.07, 6.45) is 0.969. The van der Waals surface area contributed by atoms with E-state index in [0.717, 1.165) is 39.1 Å². The zero-order valence-corrected chi connectivity index (χ0v) is 20.5. The molecule has 2 heterocycles. The lowest BCUT2D eigenvalue weighted by molar-refractivity contribution is -0.384. The number of hydrogen-bond donors (Lipinski definition) is 3. The fourth-order valence-corrected chi connectivity index (χ4v) is 4.42. The maximum absolute atomic E-state index is 12.9. The number of nitro groups is 1. The second-order valence-corrected chi connectivity index (χ2v) is 9.32. The highest BCUT2D eigenvalue weighted by atomic mass is 16.6. The van der Waals surface area contributed by atoms with Crippen molar-refractivity contribution in [3.8, 4) is 17.1 Å². The average molecular weight is 501 g/mol. The van der Waals surface area contributed by atoms with Crippen LogP contribution >= 0.6 is 0 Å². The van der Waals surface area contributed by atoms with Crippen molar-refractivity contribution in [1.29, 1.82) is 0 Å². The molecular formula is C27H28N6O4. The molecule has 3 aromatic carbocycles. The minimum atomic E-state index is -0.534. The Labute approximate surface area is 213 Å². The summed E-state index contributed by atoms with van der Waals surface area (Å²) in [4.78, 5) is 35.7. The predicted octanol–water partition coefficient (Wildman–Crippen LogP) is 3.89. The second-order valence-electron chi connectivity index (χ2n) is 9.32. The number of nitrogens with zero attached hydrogens (tertiary/aromatic N) is 4. The molecule has 190 valence electrons. The highest BCUT2D eigenvalue weighted by Crippen LogP contribution is 2.32. The molecule has 0 aliphatic carbocycles. The number of amides is 1. The summed E-state index contributed by atoms with van der Waals surface area (Å²) in [6.45, 7) is 5.43. The van der Waals surface area contributed by atoms with Gasteiger partial charge in [0.2, 0.25) is 0 Å². The van der Waals surface area contributed by atoms with Gasteiger partial charge in [0.05, 0.1) is 21.5 Å². The number of likely N-dealkylation sites (N-methyl/N-ethyl adjacent to an activating group) is 1. The molecule has 10 heteroatoms. The molecule has 0 spiro atoms. The molecule has 0 bridgehead atoms. The summed E-state index contributed by atoms with van der Waals surface area (Å²) in [5.41, 5.74) is 3.58. The number of fused-ring (bicyclic) bond motifs is 1. The number of phenols is 1. The smallest absolute Gasteiger partial charge is 0.270 e. The minimum Gasteiger partial charge on any atom is -0.507 e. The number of piperazine rings is 1. The number of hydrogen-bond acceptors (Lipinski definition) is 7. The SMILES string of the molecule is CN1CCN(CCc2ccc(NC(=O)c3ccc4nc(-c5cc([N+](=O)[O-])ccc5O)[nH]c4c3)cc2)CC1. The van der Waals surface area contributed by atoms with E-state index in [9.17, 15) is 20.0 Å². The van der Waals surface area contributed by atoms with Gasteiger partial charge in [0.25, 0.3) is 11.6 Å². The molecule has 0 radical (unpaired) electrons. The van der Waals surface area contributed by atoms with Crippen molar-refractivity contribution in [2.45, 2.75) is 6.42 Å². The number of benzene rings is 3. The Morgan fingerprint density at radius 2 is 1.84 bits per heavy atom. The second kappa shape index (κ2) is 10.4. The van der Waals surface area contributed by atoms with E-state index < -0.39 is 4.92 Å². The number of non-ortho nitro benzene ring substituents is 1. The molecule has 1 aromatic heterocycles. The van der Waals surface area contributed by atoms with Crippen molar-refractivity contribution in [3.05, 3.63) is 81.9 Å². The van der Waals surface area contributed by atoms with Gasteiger partial charge in [-0.15, -0.1) is 0 Å². The third-order valence-corrected chi connectivity index (χ3v) is 6.71. The summed E-state index contributed by atoms with van der Waals surface area (Å²) in [5.74, 6) is -0.114. The highest BCUT2D eigenvalue weighted by Gasteiger charge is 2.17. The van der Waals surface area contributed by atoms with Gasteiger partial charge < -0.3 is 25.2 Å². The van der Waals surface area contributed by atoms with Gasteiger partial charge in [0.1, 0.15) is 11.6 Å². The number of imidazole rings is 1. The third kappa shape index (κ3) is 5.60. The molecule has 1 saturated heterocycles. The number of anilines is 1.